The molecule has 2 aromatic rings. The van der Waals surface area contributed by atoms with Gasteiger partial charge < -0.3 is 15.4 Å². The van der Waals surface area contributed by atoms with Crippen LogP contribution in [0.5, 0.6) is 5.75 Å². The van der Waals surface area contributed by atoms with Gasteiger partial charge in [-0.1, -0.05) is 11.6 Å². The van der Waals surface area contributed by atoms with Crippen LogP contribution in [0.4, 0.5) is 11.4 Å². The molecule has 0 aliphatic rings. The van der Waals surface area contributed by atoms with E-state index < -0.39 is 15.9 Å². The summed E-state index contributed by atoms with van der Waals surface area (Å²) in [6, 6.07) is 9.22. The topological polar surface area (TPSA) is 87.7 Å². The van der Waals surface area contributed by atoms with Gasteiger partial charge in [-0.3, -0.25) is 4.79 Å². The molecule has 1 amide bonds. The average molecular weight is 412 g/mol. The fraction of sp³-hybridized carbons (Fsp3) is 0.278. The van der Waals surface area contributed by atoms with Crippen LogP contribution < -0.4 is 15.4 Å². The Kier molecular flexibility index (Phi) is 6.69. The minimum atomic E-state index is -3.64. The van der Waals surface area contributed by atoms with Gasteiger partial charge in [0.2, 0.25) is 10.0 Å². The van der Waals surface area contributed by atoms with E-state index >= 15 is 0 Å². The van der Waals surface area contributed by atoms with Crippen molar-refractivity contribution in [2.45, 2.75) is 11.8 Å². The lowest BCUT2D eigenvalue weighted by Crippen LogP contribution is -2.22. The number of hydrogen-bond donors (Lipinski definition) is 2. The van der Waals surface area contributed by atoms with Crippen LogP contribution >= 0.6 is 11.6 Å². The number of halogens is 1. The summed E-state index contributed by atoms with van der Waals surface area (Å²) in [5, 5.41) is 6.23. The van der Waals surface area contributed by atoms with Crippen molar-refractivity contribution in [3.8, 4) is 5.75 Å². The molecule has 0 spiro atoms. The number of anilines is 2. The van der Waals surface area contributed by atoms with E-state index in [1.165, 1.54) is 39.4 Å². The van der Waals surface area contributed by atoms with E-state index in [9.17, 15) is 13.2 Å². The van der Waals surface area contributed by atoms with Crippen molar-refractivity contribution in [3.63, 3.8) is 0 Å². The summed E-state index contributed by atoms with van der Waals surface area (Å²) < 4.78 is 31.1. The van der Waals surface area contributed by atoms with Crippen molar-refractivity contribution in [1.82, 2.24) is 4.31 Å². The van der Waals surface area contributed by atoms with Gasteiger partial charge >= 0.3 is 0 Å². The van der Waals surface area contributed by atoms with Crippen LogP contribution in [0.3, 0.4) is 0 Å². The quantitative estimate of drug-likeness (QED) is 0.730. The highest BCUT2D eigenvalue weighted by atomic mass is 35.5. The monoisotopic (exact) mass is 411 g/mol. The van der Waals surface area contributed by atoms with Crippen molar-refractivity contribution < 1.29 is 17.9 Å². The number of ether oxygens (including phenoxy) is 1. The fourth-order valence-corrected chi connectivity index (χ4v) is 3.49. The lowest BCUT2D eigenvalue weighted by atomic mass is 10.1. The molecular weight excluding hydrogens is 390 g/mol. The van der Waals surface area contributed by atoms with Gasteiger partial charge in [0.15, 0.2) is 0 Å². The fourth-order valence-electron chi connectivity index (χ4n) is 2.39. The first kappa shape index (κ1) is 21.0. The third-order valence-corrected chi connectivity index (χ3v) is 5.84. The zero-order chi connectivity index (χ0) is 20.2. The minimum absolute atomic E-state index is 0.0718. The third kappa shape index (κ3) is 4.71. The molecular formula is C18H22ClN3O4S. The van der Waals surface area contributed by atoms with Gasteiger partial charge in [-0.2, -0.15) is 0 Å². The lowest BCUT2D eigenvalue weighted by molar-refractivity contribution is 0.102. The number of hydrogen-bond acceptors (Lipinski definition) is 5. The van der Waals surface area contributed by atoms with Gasteiger partial charge in [-0.05, 0) is 43.3 Å². The molecule has 7 nitrogen and oxygen atoms in total. The molecule has 0 unspecified atom stereocenters. The van der Waals surface area contributed by atoms with Crippen LogP contribution in [-0.4, -0.2) is 46.4 Å². The molecule has 0 heterocycles. The highest BCUT2D eigenvalue weighted by Gasteiger charge is 2.20. The molecule has 0 fully saturated rings. The molecule has 0 bridgehead atoms. The van der Waals surface area contributed by atoms with Gasteiger partial charge in [-0.15, -0.1) is 0 Å². The van der Waals surface area contributed by atoms with Gasteiger partial charge in [-0.25, -0.2) is 12.7 Å². The summed E-state index contributed by atoms with van der Waals surface area (Å²) in [7, 11) is 0.704. The smallest absolute Gasteiger partial charge is 0.259 e. The summed E-state index contributed by atoms with van der Waals surface area (Å²) in [6.07, 6.45) is 0. The second-order valence-corrected chi connectivity index (χ2v) is 8.41. The van der Waals surface area contributed by atoms with Crippen molar-refractivity contribution in [2.24, 2.45) is 0 Å². The van der Waals surface area contributed by atoms with Crippen LogP contribution in [0.25, 0.3) is 0 Å². The third-order valence-electron chi connectivity index (χ3n) is 3.79. The highest BCUT2D eigenvalue weighted by molar-refractivity contribution is 7.89. The maximum atomic E-state index is 12.8. The Balaban J connectivity index is 2.47. The van der Waals surface area contributed by atoms with Crippen LogP contribution in [0, 0.1) is 0 Å². The Morgan fingerprint density at radius 2 is 1.85 bits per heavy atom. The molecule has 146 valence electrons. The zero-order valence-corrected chi connectivity index (χ0v) is 17.1. The SMILES string of the molecule is CCNc1ccc(S(=O)(=O)N(C)C)cc1NC(=O)c1cc(Cl)ccc1OC. The van der Waals surface area contributed by atoms with Crippen LogP contribution in [0.2, 0.25) is 5.02 Å². The number of methoxy groups -OCH3 is 1. The van der Waals surface area contributed by atoms with E-state index in [0.717, 1.165) is 4.31 Å². The molecule has 0 atom stereocenters. The van der Waals surface area contributed by atoms with Gasteiger partial charge in [0.25, 0.3) is 5.91 Å². The predicted molar refractivity (Wildman–Crippen MR) is 107 cm³/mol. The molecule has 0 radical (unpaired) electrons. The highest BCUT2D eigenvalue weighted by Crippen LogP contribution is 2.29. The Hall–Kier alpha value is -2.29. The van der Waals surface area contributed by atoms with Crippen molar-refractivity contribution in [1.29, 1.82) is 0 Å². The molecule has 9 heteroatoms. The number of rotatable bonds is 7. The Bertz CT molecular complexity index is 946. The number of amides is 1. The molecule has 0 saturated carbocycles. The number of carbonyl (C=O) groups excluding carboxylic acids is 1. The molecule has 2 rings (SSSR count). The van der Waals surface area contributed by atoms with E-state index in [0.29, 0.717) is 28.7 Å². The second-order valence-electron chi connectivity index (χ2n) is 5.82. The van der Waals surface area contributed by atoms with E-state index in [1.54, 1.807) is 18.2 Å². The first-order valence-electron chi connectivity index (χ1n) is 8.16. The van der Waals surface area contributed by atoms with Crippen LogP contribution in [0.1, 0.15) is 17.3 Å². The molecule has 0 aliphatic heterocycles. The van der Waals surface area contributed by atoms with Gasteiger partial charge in [0, 0.05) is 25.7 Å². The molecule has 27 heavy (non-hydrogen) atoms. The Labute approximate surface area is 164 Å². The standard InChI is InChI=1S/C18H22ClN3O4S/c1-5-20-15-8-7-13(27(24,25)22(2)3)11-16(15)21-18(23)14-10-12(19)6-9-17(14)26-4/h6-11,20H,5H2,1-4H3,(H,21,23). The van der Waals surface area contributed by atoms with E-state index in [2.05, 4.69) is 10.6 Å². The Morgan fingerprint density at radius 3 is 2.44 bits per heavy atom. The first-order chi connectivity index (χ1) is 12.7. The van der Waals surface area contributed by atoms with Crippen LogP contribution in [-0.2, 0) is 10.0 Å². The first-order valence-corrected chi connectivity index (χ1v) is 9.97. The number of carbonyl (C=O) groups is 1. The van der Waals surface area contributed by atoms with E-state index in [-0.39, 0.29) is 10.5 Å². The van der Waals surface area contributed by atoms with Crippen molar-refractivity contribution >= 4 is 38.9 Å². The number of nitrogens with zero attached hydrogens (tertiary/aromatic N) is 1. The second kappa shape index (κ2) is 8.60. The lowest BCUT2D eigenvalue weighted by Gasteiger charge is -2.17. The van der Waals surface area contributed by atoms with Gasteiger partial charge in [0.1, 0.15) is 5.75 Å². The van der Waals surface area contributed by atoms with E-state index in [4.69, 9.17) is 16.3 Å². The number of benzene rings is 2. The predicted octanol–water partition coefficient (Wildman–Crippen LogP) is 3.28. The maximum absolute atomic E-state index is 12.8. The molecule has 0 saturated heterocycles. The molecule has 0 aliphatic carbocycles. The average Bonchev–Trinajstić information content (AvgIpc) is 2.62. The van der Waals surface area contributed by atoms with Crippen molar-refractivity contribution in [2.75, 3.05) is 38.4 Å². The largest absolute Gasteiger partial charge is 0.496 e. The summed E-state index contributed by atoms with van der Waals surface area (Å²) >= 11 is 5.99. The zero-order valence-electron chi connectivity index (χ0n) is 15.5. The van der Waals surface area contributed by atoms with Crippen molar-refractivity contribution in [3.05, 3.63) is 47.0 Å². The molecule has 2 aromatic carbocycles. The normalized spacial score (nSPS) is 11.3. The summed E-state index contributed by atoms with van der Waals surface area (Å²) in [5.74, 6) is -0.105. The van der Waals surface area contributed by atoms with Crippen LogP contribution in [0.15, 0.2) is 41.3 Å². The Morgan fingerprint density at radius 1 is 1.15 bits per heavy atom. The summed E-state index contributed by atoms with van der Waals surface area (Å²) in [4.78, 5) is 12.8. The molecule has 2 N–H and O–H groups in total. The van der Waals surface area contributed by atoms with Gasteiger partial charge in [0.05, 0.1) is 28.9 Å². The maximum Gasteiger partial charge on any atom is 0.259 e. The number of sulfonamides is 1. The minimum Gasteiger partial charge on any atom is -0.496 e. The summed E-state index contributed by atoms with van der Waals surface area (Å²) in [5.41, 5.74) is 1.18. The molecule has 0 aromatic heterocycles. The summed E-state index contributed by atoms with van der Waals surface area (Å²) in [6.45, 7) is 2.50. The van der Waals surface area contributed by atoms with E-state index in [1.807, 2.05) is 6.92 Å². The number of nitrogens with one attached hydrogen (secondary N) is 2.